The Bertz CT molecular complexity index is 1100. The highest BCUT2D eigenvalue weighted by atomic mass is 19.4. The second-order valence-corrected chi connectivity index (χ2v) is 7.95. The Morgan fingerprint density at radius 2 is 1.85 bits per heavy atom. The van der Waals surface area contributed by atoms with E-state index in [1.165, 1.54) is 16.8 Å². The number of ether oxygens (including phenoxy) is 2. The highest BCUT2D eigenvalue weighted by molar-refractivity contribution is 5.91. The number of benzene rings is 2. The van der Waals surface area contributed by atoms with Crippen LogP contribution in [0.1, 0.15) is 32.8 Å². The average molecular weight is 476 g/mol. The van der Waals surface area contributed by atoms with Gasteiger partial charge in [-0.3, -0.25) is 4.79 Å². The summed E-state index contributed by atoms with van der Waals surface area (Å²) in [6, 6.07) is 11.7. The van der Waals surface area contributed by atoms with E-state index in [0.717, 1.165) is 12.1 Å². The summed E-state index contributed by atoms with van der Waals surface area (Å²) in [4.78, 5) is 16.6. The molecule has 0 spiro atoms. The van der Waals surface area contributed by atoms with Crippen molar-refractivity contribution in [2.24, 2.45) is 5.92 Å². The lowest BCUT2D eigenvalue weighted by Crippen LogP contribution is -2.14. The van der Waals surface area contributed by atoms with Crippen LogP contribution in [0.2, 0.25) is 0 Å². The summed E-state index contributed by atoms with van der Waals surface area (Å²) in [5.74, 6) is 0.389. The van der Waals surface area contributed by atoms with E-state index in [4.69, 9.17) is 9.47 Å². The van der Waals surface area contributed by atoms with E-state index in [2.05, 4.69) is 15.4 Å². The van der Waals surface area contributed by atoms with Crippen LogP contribution in [0.25, 0.3) is 17.1 Å². The zero-order valence-electron chi connectivity index (χ0n) is 19.2. The third-order valence-corrected chi connectivity index (χ3v) is 4.69. The van der Waals surface area contributed by atoms with Crippen molar-refractivity contribution in [1.29, 1.82) is 0 Å². The van der Waals surface area contributed by atoms with Crippen LogP contribution in [0.15, 0.2) is 48.5 Å². The maximum absolute atomic E-state index is 13.0. The van der Waals surface area contributed by atoms with Gasteiger partial charge in [0.05, 0.1) is 17.9 Å². The molecule has 1 heterocycles. The van der Waals surface area contributed by atoms with Crippen LogP contribution in [-0.4, -0.2) is 40.5 Å². The molecule has 0 fully saturated rings. The highest BCUT2D eigenvalue weighted by Gasteiger charge is 2.30. The fourth-order valence-electron chi connectivity index (χ4n) is 3.16. The smallest absolute Gasteiger partial charge is 0.416 e. The molecule has 0 bridgehead atoms. The average Bonchev–Trinajstić information content (AvgIpc) is 3.20. The number of nitrogens with one attached hydrogen (secondary N) is 1. The van der Waals surface area contributed by atoms with E-state index in [-0.39, 0.29) is 24.4 Å². The van der Waals surface area contributed by atoms with E-state index in [1.807, 2.05) is 20.8 Å². The number of hydrogen-bond acceptors (Lipinski definition) is 5. The number of carbonyl (C=O) groups excluding carboxylic acids is 1. The predicted molar refractivity (Wildman–Crippen MR) is 122 cm³/mol. The standard InChI is InChI=1S/C24H27F3N4O3/c1-4-33-12-13-34-23-29-22(17-8-10-18(11-9-17)24(25,26)27)31(30-23)20-7-5-6-19(15-20)28-21(32)14-16(2)3/h5-11,15-16H,4,12-14H2,1-3H3,(H,28,32). The predicted octanol–water partition coefficient (Wildman–Crippen LogP) is 5.35. The van der Waals surface area contributed by atoms with Crippen LogP contribution in [0.4, 0.5) is 18.9 Å². The third-order valence-electron chi connectivity index (χ3n) is 4.69. The number of carbonyl (C=O) groups is 1. The zero-order chi connectivity index (χ0) is 24.7. The molecule has 34 heavy (non-hydrogen) atoms. The van der Waals surface area contributed by atoms with Crippen molar-refractivity contribution in [1.82, 2.24) is 14.8 Å². The van der Waals surface area contributed by atoms with Crippen molar-refractivity contribution in [3.05, 3.63) is 54.1 Å². The van der Waals surface area contributed by atoms with E-state index < -0.39 is 11.7 Å². The SMILES string of the molecule is CCOCCOc1nc(-c2ccc(C(F)(F)F)cc2)n(-c2cccc(NC(=O)CC(C)C)c2)n1. The molecule has 0 radical (unpaired) electrons. The minimum absolute atomic E-state index is 0.0591. The molecular formula is C24H27F3N4O3. The van der Waals surface area contributed by atoms with Gasteiger partial charge < -0.3 is 14.8 Å². The molecule has 0 atom stereocenters. The Labute approximate surface area is 195 Å². The number of halogens is 3. The summed E-state index contributed by atoms with van der Waals surface area (Å²) in [5.41, 5.74) is 0.792. The van der Waals surface area contributed by atoms with Gasteiger partial charge in [0.15, 0.2) is 5.82 Å². The first-order valence-electron chi connectivity index (χ1n) is 10.9. The first-order valence-corrected chi connectivity index (χ1v) is 10.9. The van der Waals surface area contributed by atoms with E-state index in [0.29, 0.717) is 42.4 Å². The minimum atomic E-state index is -4.44. The van der Waals surface area contributed by atoms with Gasteiger partial charge >= 0.3 is 12.2 Å². The molecule has 0 unspecified atom stereocenters. The first-order chi connectivity index (χ1) is 16.2. The van der Waals surface area contributed by atoms with Gasteiger partial charge in [0.2, 0.25) is 5.91 Å². The van der Waals surface area contributed by atoms with Gasteiger partial charge in [-0.25, -0.2) is 4.68 Å². The van der Waals surface area contributed by atoms with Gasteiger partial charge in [0, 0.05) is 24.3 Å². The minimum Gasteiger partial charge on any atom is -0.460 e. The van der Waals surface area contributed by atoms with E-state index >= 15 is 0 Å². The van der Waals surface area contributed by atoms with Crippen LogP contribution in [0.3, 0.4) is 0 Å². The molecule has 1 aromatic heterocycles. The summed E-state index contributed by atoms with van der Waals surface area (Å²) in [7, 11) is 0. The van der Waals surface area contributed by atoms with Crippen LogP contribution in [0, 0.1) is 5.92 Å². The topological polar surface area (TPSA) is 78.3 Å². The normalized spacial score (nSPS) is 11.6. The third kappa shape index (κ3) is 6.80. The Hall–Kier alpha value is -3.40. The molecule has 182 valence electrons. The molecule has 0 aliphatic rings. The van der Waals surface area contributed by atoms with Crippen molar-refractivity contribution < 1.29 is 27.4 Å². The van der Waals surface area contributed by atoms with E-state index in [9.17, 15) is 18.0 Å². The van der Waals surface area contributed by atoms with Gasteiger partial charge in [0.1, 0.15) is 6.61 Å². The zero-order valence-corrected chi connectivity index (χ0v) is 19.2. The maximum atomic E-state index is 13.0. The Morgan fingerprint density at radius 3 is 2.50 bits per heavy atom. The Balaban J connectivity index is 1.94. The van der Waals surface area contributed by atoms with Crippen molar-refractivity contribution >= 4 is 11.6 Å². The quantitative estimate of drug-likeness (QED) is 0.399. The fourth-order valence-corrected chi connectivity index (χ4v) is 3.16. The molecule has 1 amide bonds. The van der Waals surface area contributed by atoms with Gasteiger partial charge in [0.25, 0.3) is 0 Å². The van der Waals surface area contributed by atoms with Gasteiger partial charge in [-0.05, 0) is 43.2 Å². The number of amides is 1. The number of nitrogens with zero attached hydrogens (tertiary/aromatic N) is 3. The highest BCUT2D eigenvalue weighted by Crippen LogP contribution is 2.31. The molecule has 10 heteroatoms. The largest absolute Gasteiger partial charge is 0.460 e. The van der Waals surface area contributed by atoms with Gasteiger partial charge in [-0.15, -0.1) is 5.10 Å². The van der Waals surface area contributed by atoms with Crippen LogP contribution < -0.4 is 10.1 Å². The Kier molecular flexibility index (Phi) is 8.27. The van der Waals surface area contributed by atoms with Crippen molar-refractivity contribution in [2.45, 2.75) is 33.4 Å². The monoisotopic (exact) mass is 476 g/mol. The molecule has 7 nitrogen and oxygen atoms in total. The first kappa shape index (κ1) is 25.2. The lowest BCUT2D eigenvalue weighted by molar-refractivity contribution is -0.137. The Morgan fingerprint density at radius 1 is 1.12 bits per heavy atom. The van der Waals surface area contributed by atoms with Gasteiger partial charge in [-0.1, -0.05) is 32.0 Å². The van der Waals surface area contributed by atoms with Crippen molar-refractivity contribution in [3.8, 4) is 23.1 Å². The lowest BCUT2D eigenvalue weighted by atomic mass is 10.1. The molecule has 2 aromatic carbocycles. The number of rotatable bonds is 10. The summed E-state index contributed by atoms with van der Waals surface area (Å²) < 4.78 is 51.3. The van der Waals surface area contributed by atoms with E-state index in [1.54, 1.807) is 24.3 Å². The van der Waals surface area contributed by atoms with Crippen LogP contribution in [0.5, 0.6) is 6.01 Å². The summed E-state index contributed by atoms with van der Waals surface area (Å²) in [6.45, 7) is 6.87. The summed E-state index contributed by atoms with van der Waals surface area (Å²) in [5, 5.41) is 7.24. The molecule has 3 rings (SSSR count). The lowest BCUT2D eigenvalue weighted by Gasteiger charge is -2.11. The molecule has 0 aliphatic heterocycles. The molecule has 3 aromatic rings. The van der Waals surface area contributed by atoms with Crippen LogP contribution in [-0.2, 0) is 15.7 Å². The summed E-state index contributed by atoms with van der Waals surface area (Å²) >= 11 is 0. The molecule has 0 aliphatic carbocycles. The van der Waals surface area contributed by atoms with Crippen molar-refractivity contribution in [3.63, 3.8) is 0 Å². The van der Waals surface area contributed by atoms with Gasteiger partial charge in [-0.2, -0.15) is 18.2 Å². The number of aromatic nitrogens is 3. The molecule has 0 saturated heterocycles. The second kappa shape index (κ2) is 11.1. The number of alkyl halides is 3. The maximum Gasteiger partial charge on any atom is 0.416 e. The molecule has 0 saturated carbocycles. The summed E-state index contributed by atoms with van der Waals surface area (Å²) in [6.07, 6.45) is -4.07. The van der Waals surface area contributed by atoms with Crippen molar-refractivity contribution in [2.75, 3.05) is 25.1 Å². The molecular weight excluding hydrogens is 449 g/mol. The fraction of sp³-hybridized carbons (Fsp3) is 0.375. The molecule has 1 N–H and O–H groups in total. The van der Waals surface area contributed by atoms with Crippen LogP contribution >= 0.6 is 0 Å². The second-order valence-electron chi connectivity index (χ2n) is 7.95. The number of anilines is 1. The number of hydrogen-bond donors (Lipinski definition) is 1.